The molecule has 1 unspecified atom stereocenters. The van der Waals surface area contributed by atoms with Crippen molar-refractivity contribution in [3.63, 3.8) is 0 Å². The van der Waals surface area contributed by atoms with Gasteiger partial charge in [-0.05, 0) is 31.4 Å². The van der Waals surface area contributed by atoms with E-state index in [9.17, 15) is 9.59 Å². The number of nitrogens with one attached hydrogen (secondary N) is 1. The summed E-state index contributed by atoms with van der Waals surface area (Å²) in [4.78, 5) is 24.7. The van der Waals surface area contributed by atoms with Gasteiger partial charge in [-0.2, -0.15) is 0 Å². The highest BCUT2D eigenvalue weighted by molar-refractivity contribution is 5.86. The van der Waals surface area contributed by atoms with Crippen LogP contribution in [0.4, 0.5) is 0 Å². The van der Waals surface area contributed by atoms with E-state index in [1.165, 1.54) is 6.07 Å². The molecule has 86 valence electrons. The van der Waals surface area contributed by atoms with Gasteiger partial charge in [0.25, 0.3) is 5.56 Å². The van der Waals surface area contributed by atoms with Crippen LogP contribution in [0, 0.1) is 0 Å². The molecule has 0 radical (unpaired) electrons. The molecule has 2 N–H and O–H groups in total. The Labute approximate surface area is 92.1 Å². The quantitative estimate of drug-likeness (QED) is 0.792. The minimum atomic E-state index is -1.21. The predicted octanol–water partition coefficient (Wildman–Crippen LogP) is 1.31. The molecule has 0 aliphatic carbocycles. The number of H-pyrrole nitrogens is 1. The second kappa shape index (κ2) is 4.49. The zero-order valence-corrected chi connectivity index (χ0v) is 8.73. The summed E-state index contributed by atoms with van der Waals surface area (Å²) in [6, 6.07) is 2.94. The molecular weight excluding hydrogens is 210 g/mol. The highest BCUT2D eigenvalue weighted by atomic mass is 16.5. The molecule has 1 aromatic heterocycles. The fraction of sp³-hybridized carbons (Fsp3) is 0.455. The van der Waals surface area contributed by atoms with Crippen molar-refractivity contribution in [1.29, 1.82) is 0 Å². The van der Waals surface area contributed by atoms with Crippen molar-refractivity contribution in [2.24, 2.45) is 0 Å². The van der Waals surface area contributed by atoms with Crippen molar-refractivity contribution in [3.05, 3.63) is 33.7 Å². The van der Waals surface area contributed by atoms with Crippen molar-refractivity contribution < 1.29 is 14.6 Å². The standard InChI is InChI=1S/C11H13NO4/c13-10-7(11(14)15)4-5-8(12-10)9-3-1-2-6-16-9/h4-5,9H,1-3,6H2,(H,12,13)(H,14,15). The van der Waals surface area contributed by atoms with E-state index in [0.717, 1.165) is 19.3 Å². The average Bonchev–Trinajstić information content (AvgIpc) is 2.29. The van der Waals surface area contributed by atoms with Crippen LogP contribution >= 0.6 is 0 Å². The number of hydrogen-bond acceptors (Lipinski definition) is 3. The summed E-state index contributed by atoms with van der Waals surface area (Å²) in [6.45, 7) is 0.688. The fourth-order valence-corrected chi connectivity index (χ4v) is 1.83. The van der Waals surface area contributed by atoms with Gasteiger partial charge in [0.15, 0.2) is 0 Å². The molecule has 1 atom stereocenters. The number of carboxylic acid groups (broad SMARTS) is 1. The number of carbonyl (C=O) groups is 1. The van der Waals surface area contributed by atoms with E-state index in [2.05, 4.69) is 4.98 Å². The van der Waals surface area contributed by atoms with E-state index in [-0.39, 0.29) is 11.7 Å². The zero-order valence-electron chi connectivity index (χ0n) is 8.73. The predicted molar refractivity (Wildman–Crippen MR) is 56.6 cm³/mol. The number of pyridine rings is 1. The number of rotatable bonds is 2. The van der Waals surface area contributed by atoms with Crippen molar-refractivity contribution in [3.8, 4) is 0 Å². The number of aromatic nitrogens is 1. The summed E-state index contributed by atoms with van der Waals surface area (Å²) >= 11 is 0. The van der Waals surface area contributed by atoms with Gasteiger partial charge in [0, 0.05) is 12.3 Å². The summed E-state index contributed by atoms with van der Waals surface area (Å²) in [5.74, 6) is -1.21. The Morgan fingerprint density at radius 2 is 2.25 bits per heavy atom. The van der Waals surface area contributed by atoms with Crippen molar-refractivity contribution >= 4 is 5.97 Å². The van der Waals surface area contributed by atoms with Gasteiger partial charge in [-0.15, -0.1) is 0 Å². The molecular formula is C11H13NO4. The van der Waals surface area contributed by atoms with Crippen LogP contribution < -0.4 is 5.56 Å². The number of aromatic amines is 1. The Hall–Kier alpha value is -1.62. The Bertz CT molecular complexity index is 446. The van der Waals surface area contributed by atoms with Gasteiger partial charge < -0.3 is 14.8 Å². The van der Waals surface area contributed by atoms with E-state index >= 15 is 0 Å². The van der Waals surface area contributed by atoms with Crippen LogP contribution in [0.15, 0.2) is 16.9 Å². The van der Waals surface area contributed by atoms with Crippen LogP contribution in [0.3, 0.4) is 0 Å². The minimum absolute atomic E-state index is 0.107. The topological polar surface area (TPSA) is 79.4 Å². The maximum absolute atomic E-state index is 11.4. The molecule has 1 aromatic rings. The molecule has 0 bridgehead atoms. The number of aromatic carboxylic acids is 1. The first-order valence-corrected chi connectivity index (χ1v) is 5.26. The Balaban J connectivity index is 2.26. The zero-order chi connectivity index (χ0) is 11.5. The molecule has 1 aliphatic heterocycles. The third kappa shape index (κ3) is 2.14. The van der Waals surface area contributed by atoms with Gasteiger partial charge in [0.1, 0.15) is 5.56 Å². The number of ether oxygens (including phenoxy) is 1. The second-order valence-corrected chi connectivity index (χ2v) is 3.82. The summed E-state index contributed by atoms with van der Waals surface area (Å²) in [7, 11) is 0. The minimum Gasteiger partial charge on any atom is -0.477 e. The molecule has 0 aromatic carbocycles. The lowest BCUT2D eigenvalue weighted by Gasteiger charge is -2.22. The largest absolute Gasteiger partial charge is 0.477 e. The normalized spacial score (nSPS) is 20.6. The smallest absolute Gasteiger partial charge is 0.341 e. The van der Waals surface area contributed by atoms with Gasteiger partial charge in [0.05, 0.1) is 6.10 Å². The van der Waals surface area contributed by atoms with Gasteiger partial charge in [-0.3, -0.25) is 4.79 Å². The lowest BCUT2D eigenvalue weighted by Crippen LogP contribution is -2.21. The third-order valence-electron chi connectivity index (χ3n) is 2.69. The number of hydrogen-bond donors (Lipinski definition) is 2. The van der Waals surface area contributed by atoms with Crippen LogP contribution in [0.5, 0.6) is 0 Å². The summed E-state index contributed by atoms with van der Waals surface area (Å²) in [6.07, 6.45) is 2.85. The molecule has 0 spiro atoms. The SMILES string of the molecule is O=C(O)c1ccc(C2CCCCO2)[nH]c1=O. The van der Waals surface area contributed by atoms with Gasteiger partial charge in [-0.1, -0.05) is 0 Å². The van der Waals surface area contributed by atoms with Crippen molar-refractivity contribution in [1.82, 2.24) is 4.98 Å². The highest BCUT2D eigenvalue weighted by Crippen LogP contribution is 2.25. The van der Waals surface area contributed by atoms with Gasteiger partial charge in [-0.25, -0.2) is 4.79 Å². The fourth-order valence-electron chi connectivity index (χ4n) is 1.83. The molecule has 2 rings (SSSR count). The summed E-state index contributed by atoms with van der Waals surface area (Å²) in [5, 5.41) is 8.72. The second-order valence-electron chi connectivity index (χ2n) is 3.82. The molecule has 1 saturated heterocycles. The lowest BCUT2D eigenvalue weighted by atomic mass is 10.1. The maximum Gasteiger partial charge on any atom is 0.341 e. The molecule has 0 saturated carbocycles. The first-order valence-electron chi connectivity index (χ1n) is 5.26. The lowest BCUT2D eigenvalue weighted by molar-refractivity contribution is 0.0121. The van der Waals surface area contributed by atoms with Gasteiger partial charge in [0.2, 0.25) is 0 Å². The Morgan fingerprint density at radius 3 is 2.81 bits per heavy atom. The number of carboxylic acids is 1. The molecule has 5 heteroatoms. The summed E-state index contributed by atoms with van der Waals surface area (Å²) in [5.41, 5.74) is -0.145. The van der Waals surface area contributed by atoms with Crippen LogP contribution in [-0.2, 0) is 4.74 Å². The highest BCUT2D eigenvalue weighted by Gasteiger charge is 2.18. The molecule has 1 fully saturated rings. The van der Waals surface area contributed by atoms with E-state index < -0.39 is 11.5 Å². The van der Waals surface area contributed by atoms with E-state index in [4.69, 9.17) is 9.84 Å². The first-order chi connectivity index (χ1) is 7.68. The van der Waals surface area contributed by atoms with Crippen molar-refractivity contribution in [2.45, 2.75) is 25.4 Å². The van der Waals surface area contributed by atoms with E-state index in [0.29, 0.717) is 12.3 Å². The Kier molecular flexibility index (Phi) is 3.05. The van der Waals surface area contributed by atoms with Crippen LogP contribution in [0.1, 0.15) is 41.4 Å². The van der Waals surface area contributed by atoms with E-state index in [1.54, 1.807) is 6.07 Å². The van der Waals surface area contributed by atoms with Crippen molar-refractivity contribution in [2.75, 3.05) is 6.61 Å². The van der Waals surface area contributed by atoms with Gasteiger partial charge >= 0.3 is 5.97 Å². The first kappa shape index (κ1) is 10.9. The molecule has 0 amide bonds. The third-order valence-corrected chi connectivity index (χ3v) is 2.69. The van der Waals surface area contributed by atoms with Crippen LogP contribution in [-0.4, -0.2) is 22.7 Å². The Morgan fingerprint density at radius 1 is 1.44 bits per heavy atom. The molecule has 2 heterocycles. The molecule has 1 aliphatic rings. The van der Waals surface area contributed by atoms with Crippen LogP contribution in [0.25, 0.3) is 0 Å². The van der Waals surface area contributed by atoms with Crippen LogP contribution in [0.2, 0.25) is 0 Å². The van der Waals surface area contributed by atoms with E-state index in [1.807, 2.05) is 0 Å². The summed E-state index contributed by atoms with van der Waals surface area (Å²) < 4.78 is 5.50. The monoisotopic (exact) mass is 223 g/mol. The maximum atomic E-state index is 11.4. The average molecular weight is 223 g/mol. The molecule has 5 nitrogen and oxygen atoms in total. The molecule has 16 heavy (non-hydrogen) atoms.